The molecular weight excluding hydrogens is 274 g/mol. The molecule has 114 valence electrons. The molecule has 21 heavy (non-hydrogen) atoms. The normalized spacial score (nSPS) is 15.9. The van der Waals surface area contributed by atoms with Gasteiger partial charge in [0, 0.05) is 18.8 Å². The zero-order valence-electron chi connectivity index (χ0n) is 11.9. The maximum absolute atomic E-state index is 10.5. The van der Waals surface area contributed by atoms with Gasteiger partial charge in [0.15, 0.2) is 11.6 Å². The summed E-state index contributed by atoms with van der Waals surface area (Å²) in [6.07, 6.45) is 0.473. The number of aliphatic carboxylic acids is 1. The molecule has 0 radical (unpaired) electrons. The lowest BCUT2D eigenvalue weighted by atomic mass is 10.2. The van der Waals surface area contributed by atoms with Crippen LogP contribution in [0.2, 0.25) is 0 Å². The van der Waals surface area contributed by atoms with Crippen LogP contribution in [0.4, 0.5) is 11.6 Å². The second kappa shape index (κ2) is 7.53. The van der Waals surface area contributed by atoms with Gasteiger partial charge in [-0.2, -0.15) is 5.10 Å². The van der Waals surface area contributed by atoms with E-state index in [-0.39, 0.29) is 6.42 Å². The Balaban J connectivity index is 1.87. The van der Waals surface area contributed by atoms with E-state index in [1.807, 2.05) is 6.07 Å². The average Bonchev–Trinajstić information content (AvgIpc) is 2.52. The van der Waals surface area contributed by atoms with E-state index in [0.717, 1.165) is 18.9 Å². The summed E-state index contributed by atoms with van der Waals surface area (Å²) in [7, 11) is 0. The second-order valence-corrected chi connectivity index (χ2v) is 4.73. The number of nitrogens with zero attached hydrogens (tertiary/aromatic N) is 4. The molecule has 0 saturated carbocycles. The minimum Gasteiger partial charge on any atom is -0.481 e. The number of aromatic nitrogens is 2. The van der Waals surface area contributed by atoms with Crippen molar-refractivity contribution < 1.29 is 14.6 Å². The zero-order chi connectivity index (χ0) is 15.1. The number of carboxylic acids is 1. The van der Waals surface area contributed by atoms with Crippen LogP contribution in [-0.2, 0) is 9.53 Å². The molecule has 0 atom stereocenters. The molecule has 1 saturated heterocycles. The standard InChI is InChI=1S/C13H19N5O3/c1-10(2-5-13(19)20)14-15-11-3-4-12(17-16-11)18-6-8-21-9-7-18/h3-4H,2,5-9H2,1H3,(H,15,16)(H,19,20)/b14-10+. The summed E-state index contributed by atoms with van der Waals surface area (Å²) in [5, 5.41) is 20.9. The molecule has 0 spiro atoms. The molecule has 2 rings (SSSR count). The van der Waals surface area contributed by atoms with Crippen molar-refractivity contribution in [2.24, 2.45) is 5.10 Å². The third-order valence-corrected chi connectivity index (χ3v) is 3.05. The zero-order valence-corrected chi connectivity index (χ0v) is 11.9. The highest BCUT2D eigenvalue weighted by molar-refractivity contribution is 5.85. The molecule has 2 N–H and O–H groups in total. The maximum atomic E-state index is 10.5. The van der Waals surface area contributed by atoms with Gasteiger partial charge in [0.25, 0.3) is 0 Å². The molecule has 0 aliphatic carbocycles. The number of hydrogen-bond acceptors (Lipinski definition) is 7. The Bertz CT molecular complexity index is 497. The van der Waals surface area contributed by atoms with Crippen LogP contribution in [0.25, 0.3) is 0 Å². The Morgan fingerprint density at radius 1 is 1.38 bits per heavy atom. The fraction of sp³-hybridized carbons (Fsp3) is 0.538. The highest BCUT2D eigenvalue weighted by Crippen LogP contribution is 2.13. The summed E-state index contributed by atoms with van der Waals surface area (Å²) < 4.78 is 5.29. The van der Waals surface area contributed by atoms with Crippen molar-refractivity contribution >= 4 is 23.3 Å². The van der Waals surface area contributed by atoms with Crippen molar-refractivity contribution in [1.82, 2.24) is 10.2 Å². The molecule has 8 heteroatoms. The van der Waals surface area contributed by atoms with Gasteiger partial charge in [-0.05, 0) is 25.5 Å². The molecule has 0 amide bonds. The summed E-state index contributed by atoms with van der Waals surface area (Å²) in [6.45, 7) is 4.80. The molecule has 0 aromatic carbocycles. The van der Waals surface area contributed by atoms with Gasteiger partial charge in [-0.1, -0.05) is 0 Å². The van der Waals surface area contributed by atoms with Crippen LogP contribution in [-0.4, -0.2) is 53.3 Å². The Kier molecular flexibility index (Phi) is 5.44. The number of nitrogens with one attached hydrogen (secondary N) is 1. The average molecular weight is 293 g/mol. The monoisotopic (exact) mass is 293 g/mol. The summed E-state index contributed by atoms with van der Waals surface area (Å²) in [5.41, 5.74) is 3.48. The first-order chi connectivity index (χ1) is 10.1. The van der Waals surface area contributed by atoms with Crippen molar-refractivity contribution in [2.45, 2.75) is 19.8 Å². The van der Waals surface area contributed by atoms with Crippen molar-refractivity contribution in [3.63, 3.8) is 0 Å². The van der Waals surface area contributed by atoms with Crippen LogP contribution >= 0.6 is 0 Å². The van der Waals surface area contributed by atoms with Gasteiger partial charge in [-0.25, -0.2) is 0 Å². The van der Waals surface area contributed by atoms with Gasteiger partial charge in [0.05, 0.1) is 19.6 Å². The first-order valence-electron chi connectivity index (χ1n) is 6.82. The lowest BCUT2D eigenvalue weighted by Gasteiger charge is -2.27. The fourth-order valence-electron chi connectivity index (χ4n) is 1.84. The highest BCUT2D eigenvalue weighted by atomic mass is 16.5. The lowest BCUT2D eigenvalue weighted by molar-refractivity contribution is -0.136. The predicted octanol–water partition coefficient (Wildman–Crippen LogP) is 0.966. The molecule has 0 unspecified atom stereocenters. The number of rotatable bonds is 6. The Hall–Kier alpha value is -2.22. The van der Waals surface area contributed by atoms with Gasteiger partial charge in [0.2, 0.25) is 0 Å². The largest absolute Gasteiger partial charge is 0.481 e. The molecular formula is C13H19N5O3. The third kappa shape index (κ3) is 4.99. The van der Waals surface area contributed by atoms with Crippen molar-refractivity contribution in [2.75, 3.05) is 36.6 Å². The molecule has 1 fully saturated rings. The van der Waals surface area contributed by atoms with E-state index in [4.69, 9.17) is 9.84 Å². The predicted molar refractivity (Wildman–Crippen MR) is 78.7 cm³/mol. The van der Waals surface area contributed by atoms with E-state index in [0.29, 0.717) is 31.2 Å². The van der Waals surface area contributed by atoms with E-state index < -0.39 is 5.97 Å². The summed E-state index contributed by atoms with van der Waals surface area (Å²) in [4.78, 5) is 12.6. The van der Waals surface area contributed by atoms with E-state index >= 15 is 0 Å². The van der Waals surface area contributed by atoms with Crippen molar-refractivity contribution in [3.8, 4) is 0 Å². The summed E-state index contributed by atoms with van der Waals surface area (Å²) in [5.74, 6) is 0.510. The van der Waals surface area contributed by atoms with Gasteiger partial charge in [0.1, 0.15) is 0 Å². The number of anilines is 2. The summed E-state index contributed by atoms with van der Waals surface area (Å²) >= 11 is 0. The second-order valence-electron chi connectivity index (χ2n) is 4.73. The van der Waals surface area contributed by atoms with Crippen molar-refractivity contribution in [3.05, 3.63) is 12.1 Å². The number of ether oxygens (including phenoxy) is 1. The Morgan fingerprint density at radius 3 is 2.76 bits per heavy atom. The van der Waals surface area contributed by atoms with Gasteiger partial charge >= 0.3 is 5.97 Å². The number of hydrogen-bond donors (Lipinski definition) is 2. The smallest absolute Gasteiger partial charge is 0.303 e. The Morgan fingerprint density at radius 2 is 2.14 bits per heavy atom. The number of carboxylic acid groups (broad SMARTS) is 1. The van der Waals surface area contributed by atoms with Gasteiger partial charge in [-0.15, -0.1) is 10.2 Å². The molecule has 1 aromatic rings. The number of hydrazone groups is 1. The van der Waals surface area contributed by atoms with E-state index in [2.05, 4.69) is 25.6 Å². The first-order valence-corrected chi connectivity index (χ1v) is 6.82. The maximum Gasteiger partial charge on any atom is 0.303 e. The van der Waals surface area contributed by atoms with Crippen LogP contribution in [0.3, 0.4) is 0 Å². The van der Waals surface area contributed by atoms with E-state index in [1.54, 1.807) is 13.0 Å². The van der Waals surface area contributed by atoms with E-state index in [1.165, 1.54) is 0 Å². The van der Waals surface area contributed by atoms with Crippen LogP contribution in [0.1, 0.15) is 19.8 Å². The van der Waals surface area contributed by atoms with Crippen LogP contribution in [0, 0.1) is 0 Å². The van der Waals surface area contributed by atoms with Crippen LogP contribution in [0.15, 0.2) is 17.2 Å². The molecule has 2 heterocycles. The minimum atomic E-state index is -0.834. The van der Waals surface area contributed by atoms with Gasteiger partial charge < -0.3 is 14.7 Å². The molecule has 8 nitrogen and oxygen atoms in total. The first kappa shape index (κ1) is 15.2. The van der Waals surface area contributed by atoms with Crippen LogP contribution in [0.5, 0.6) is 0 Å². The minimum absolute atomic E-state index is 0.0681. The lowest BCUT2D eigenvalue weighted by Crippen LogP contribution is -2.36. The molecule has 1 aromatic heterocycles. The Labute approximate surface area is 122 Å². The summed E-state index contributed by atoms with van der Waals surface area (Å²) in [6, 6.07) is 3.68. The fourth-order valence-corrected chi connectivity index (χ4v) is 1.84. The topological polar surface area (TPSA) is 99.9 Å². The highest BCUT2D eigenvalue weighted by Gasteiger charge is 2.12. The van der Waals surface area contributed by atoms with Crippen LogP contribution < -0.4 is 10.3 Å². The molecule has 1 aliphatic heterocycles. The number of carbonyl (C=O) groups is 1. The van der Waals surface area contributed by atoms with E-state index in [9.17, 15) is 4.79 Å². The van der Waals surface area contributed by atoms with Crippen molar-refractivity contribution in [1.29, 1.82) is 0 Å². The molecule has 1 aliphatic rings. The molecule has 0 bridgehead atoms. The quantitative estimate of drug-likeness (QED) is 0.595. The number of morpholine rings is 1. The van der Waals surface area contributed by atoms with Gasteiger partial charge in [-0.3, -0.25) is 10.2 Å². The SMILES string of the molecule is C/C(CCC(=O)O)=N\Nc1ccc(N2CCOCC2)nn1. The third-order valence-electron chi connectivity index (χ3n) is 3.05.